The minimum absolute atomic E-state index is 0.101. The van der Waals surface area contributed by atoms with Crippen molar-refractivity contribution in [1.82, 2.24) is 14.8 Å². The number of rotatable bonds is 8. The highest BCUT2D eigenvalue weighted by atomic mass is 32.2. The van der Waals surface area contributed by atoms with Crippen molar-refractivity contribution in [1.29, 1.82) is 0 Å². The number of methoxy groups -OCH3 is 1. The van der Waals surface area contributed by atoms with Crippen LogP contribution in [0.5, 0.6) is 0 Å². The molecule has 3 rings (SSSR count). The number of esters is 1. The van der Waals surface area contributed by atoms with Crippen LogP contribution in [0, 0.1) is 0 Å². The average Bonchev–Trinajstić information content (AvgIpc) is 3.30. The number of hydrogen-bond donors (Lipinski definition) is 1. The maximum atomic E-state index is 11.5. The van der Waals surface area contributed by atoms with Gasteiger partial charge in [0.15, 0.2) is 11.0 Å². The summed E-state index contributed by atoms with van der Waals surface area (Å²) >= 11 is 1.21. The Balaban J connectivity index is 1.91. The largest absolute Gasteiger partial charge is 0.468 e. The fraction of sp³-hybridized carbons (Fsp3) is 0.235. The van der Waals surface area contributed by atoms with Crippen molar-refractivity contribution in [2.45, 2.75) is 11.7 Å². The molecule has 11 heteroatoms. The summed E-state index contributed by atoms with van der Waals surface area (Å²) in [5.74, 6) is 1.01. The second kappa shape index (κ2) is 8.48. The number of nitrogens with zero attached hydrogens (tertiary/aromatic N) is 3. The molecule has 1 aromatic carbocycles. The Morgan fingerprint density at radius 1 is 1.25 bits per heavy atom. The number of furan rings is 1. The highest BCUT2D eigenvalue weighted by Gasteiger charge is 2.17. The molecule has 2 aromatic heterocycles. The molecule has 2 heterocycles. The highest BCUT2D eigenvalue weighted by molar-refractivity contribution is 7.99. The molecule has 0 saturated heterocycles. The first-order valence-corrected chi connectivity index (χ1v) is 11.0. The number of carbonyl (C=O) groups excluding carboxylic acids is 1. The molecule has 0 amide bonds. The number of carbonyl (C=O) groups is 1. The van der Waals surface area contributed by atoms with Crippen LogP contribution in [0.15, 0.2) is 52.2 Å². The molecule has 28 heavy (non-hydrogen) atoms. The fourth-order valence-corrected chi connectivity index (χ4v) is 3.73. The van der Waals surface area contributed by atoms with Gasteiger partial charge in [-0.2, -0.15) is 0 Å². The van der Waals surface area contributed by atoms with Gasteiger partial charge in [-0.25, -0.2) is 8.42 Å². The van der Waals surface area contributed by atoms with Gasteiger partial charge in [-0.1, -0.05) is 11.8 Å². The summed E-state index contributed by atoms with van der Waals surface area (Å²) in [7, 11) is -2.03. The topological polar surface area (TPSA) is 116 Å². The quantitative estimate of drug-likeness (QED) is 0.434. The Labute approximate surface area is 166 Å². The zero-order valence-corrected chi connectivity index (χ0v) is 16.8. The van der Waals surface area contributed by atoms with E-state index in [1.165, 1.54) is 18.9 Å². The van der Waals surface area contributed by atoms with E-state index in [2.05, 4.69) is 19.7 Å². The minimum atomic E-state index is -3.35. The average molecular weight is 422 g/mol. The molecule has 148 valence electrons. The molecule has 0 spiro atoms. The van der Waals surface area contributed by atoms with Crippen LogP contribution in [-0.2, 0) is 26.1 Å². The normalized spacial score (nSPS) is 11.4. The van der Waals surface area contributed by atoms with Gasteiger partial charge in [0.2, 0.25) is 10.0 Å². The van der Waals surface area contributed by atoms with E-state index in [0.717, 1.165) is 11.8 Å². The Morgan fingerprint density at radius 2 is 2.00 bits per heavy atom. The van der Waals surface area contributed by atoms with Gasteiger partial charge in [0.1, 0.15) is 5.76 Å². The highest BCUT2D eigenvalue weighted by Crippen LogP contribution is 2.26. The summed E-state index contributed by atoms with van der Waals surface area (Å²) in [5.41, 5.74) is 1.19. The molecule has 0 unspecified atom stereocenters. The van der Waals surface area contributed by atoms with Gasteiger partial charge >= 0.3 is 5.97 Å². The van der Waals surface area contributed by atoms with Gasteiger partial charge in [-0.05, 0) is 36.4 Å². The summed E-state index contributed by atoms with van der Waals surface area (Å²) < 4.78 is 37.0. The number of aromatic nitrogens is 3. The number of ether oxygens (including phenoxy) is 1. The fourth-order valence-electron chi connectivity index (χ4n) is 2.39. The van der Waals surface area contributed by atoms with E-state index in [1.54, 1.807) is 36.6 Å². The van der Waals surface area contributed by atoms with Crippen LogP contribution >= 0.6 is 11.8 Å². The van der Waals surface area contributed by atoms with Crippen LogP contribution in [0.1, 0.15) is 5.76 Å². The summed E-state index contributed by atoms with van der Waals surface area (Å²) in [6.07, 6.45) is 2.66. The molecule has 0 aliphatic rings. The van der Waals surface area contributed by atoms with Crippen molar-refractivity contribution < 1.29 is 22.4 Å². The van der Waals surface area contributed by atoms with Crippen LogP contribution in [0.3, 0.4) is 0 Å². The number of thioether (sulfide) groups is 1. The summed E-state index contributed by atoms with van der Waals surface area (Å²) in [5, 5.41) is 8.95. The molecular weight excluding hydrogens is 404 g/mol. The first kappa shape index (κ1) is 20.0. The second-order valence-corrected chi connectivity index (χ2v) is 8.48. The molecule has 0 aliphatic heterocycles. The van der Waals surface area contributed by atoms with E-state index in [1.807, 2.05) is 10.6 Å². The van der Waals surface area contributed by atoms with E-state index in [-0.39, 0.29) is 11.7 Å². The standard InChI is InChI=1S/C17H18N4O5S2/c1-25-15(22)11-27-17-19-18-16(21(17)10-14-4-3-9-26-14)12-5-7-13(8-6-12)20-28(2,23)24/h3-9,20H,10-11H2,1-2H3. The van der Waals surface area contributed by atoms with E-state index >= 15 is 0 Å². The third kappa shape index (κ3) is 5.14. The molecule has 9 nitrogen and oxygen atoms in total. The first-order valence-electron chi connectivity index (χ1n) is 8.09. The van der Waals surface area contributed by atoms with Crippen LogP contribution < -0.4 is 4.72 Å². The maximum absolute atomic E-state index is 11.5. The molecule has 0 radical (unpaired) electrons. The van der Waals surface area contributed by atoms with Gasteiger partial charge in [-0.15, -0.1) is 10.2 Å². The smallest absolute Gasteiger partial charge is 0.316 e. The zero-order chi connectivity index (χ0) is 20.1. The van der Waals surface area contributed by atoms with Crippen LogP contribution in [0.2, 0.25) is 0 Å². The van der Waals surface area contributed by atoms with E-state index in [9.17, 15) is 13.2 Å². The Hall–Kier alpha value is -2.79. The van der Waals surface area contributed by atoms with Crippen molar-refractivity contribution >= 4 is 33.4 Å². The monoisotopic (exact) mass is 422 g/mol. The molecule has 1 N–H and O–H groups in total. The number of nitrogens with one attached hydrogen (secondary N) is 1. The summed E-state index contributed by atoms with van der Waals surface area (Å²) in [6.45, 7) is 0.377. The molecule has 0 atom stereocenters. The lowest BCUT2D eigenvalue weighted by atomic mass is 10.2. The number of sulfonamides is 1. The summed E-state index contributed by atoms with van der Waals surface area (Å²) in [4.78, 5) is 11.5. The lowest BCUT2D eigenvalue weighted by Crippen LogP contribution is -2.09. The molecule has 3 aromatic rings. The molecular formula is C17H18N4O5S2. The molecule has 0 fully saturated rings. The van der Waals surface area contributed by atoms with E-state index < -0.39 is 10.0 Å². The van der Waals surface area contributed by atoms with Crippen LogP contribution in [0.4, 0.5) is 5.69 Å². The summed E-state index contributed by atoms with van der Waals surface area (Å²) in [6, 6.07) is 10.4. The van der Waals surface area contributed by atoms with Crippen molar-refractivity contribution in [2.24, 2.45) is 0 Å². The lowest BCUT2D eigenvalue weighted by Gasteiger charge is -2.09. The Bertz CT molecular complexity index is 1040. The number of hydrogen-bond acceptors (Lipinski definition) is 8. The maximum Gasteiger partial charge on any atom is 0.316 e. The molecule has 0 bridgehead atoms. The SMILES string of the molecule is COC(=O)CSc1nnc(-c2ccc(NS(C)(=O)=O)cc2)n1Cc1ccco1. The number of anilines is 1. The van der Waals surface area contributed by atoms with Gasteiger partial charge in [0.05, 0.1) is 31.9 Å². The van der Waals surface area contributed by atoms with Crippen molar-refractivity contribution in [3.8, 4) is 11.4 Å². The minimum Gasteiger partial charge on any atom is -0.468 e. The second-order valence-electron chi connectivity index (χ2n) is 5.79. The first-order chi connectivity index (χ1) is 13.4. The van der Waals surface area contributed by atoms with Crippen LogP contribution in [-0.4, -0.2) is 48.3 Å². The lowest BCUT2D eigenvalue weighted by molar-refractivity contribution is -0.137. The van der Waals surface area contributed by atoms with Gasteiger partial charge in [0, 0.05) is 11.3 Å². The van der Waals surface area contributed by atoms with Crippen molar-refractivity contribution in [3.05, 3.63) is 48.4 Å². The van der Waals surface area contributed by atoms with Gasteiger partial charge < -0.3 is 9.15 Å². The third-order valence-corrected chi connectivity index (χ3v) is 5.15. The third-order valence-electron chi connectivity index (χ3n) is 3.60. The van der Waals surface area contributed by atoms with Gasteiger partial charge in [0.25, 0.3) is 0 Å². The Kier molecular flexibility index (Phi) is 6.05. The molecule has 0 saturated carbocycles. The van der Waals surface area contributed by atoms with Crippen LogP contribution in [0.25, 0.3) is 11.4 Å². The number of benzene rings is 1. The predicted octanol–water partition coefficient (Wildman–Crippen LogP) is 2.22. The predicted molar refractivity (Wildman–Crippen MR) is 104 cm³/mol. The Morgan fingerprint density at radius 3 is 2.61 bits per heavy atom. The van der Waals surface area contributed by atoms with E-state index in [0.29, 0.717) is 29.0 Å². The molecule has 0 aliphatic carbocycles. The van der Waals surface area contributed by atoms with Crippen molar-refractivity contribution in [2.75, 3.05) is 23.8 Å². The van der Waals surface area contributed by atoms with Crippen molar-refractivity contribution in [3.63, 3.8) is 0 Å². The van der Waals surface area contributed by atoms with E-state index in [4.69, 9.17) is 4.42 Å². The van der Waals surface area contributed by atoms with Gasteiger partial charge in [-0.3, -0.25) is 14.1 Å². The zero-order valence-electron chi connectivity index (χ0n) is 15.2.